The minimum Gasteiger partial charge on any atom is -0.361 e. The second-order valence-electron chi connectivity index (χ2n) is 5.36. The number of rotatable bonds is 3. The van der Waals surface area contributed by atoms with Crippen LogP contribution in [0.5, 0.6) is 0 Å². The number of hydrogen-bond donors (Lipinski definition) is 1. The average Bonchev–Trinajstić information content (AvgIpc) is 2.38. The molecule has 1 heterocycles. The monoisotopic (exact) mass is 263 g/mol. The van der Waals surface area contributed by atoms with E-state index in [0.717, 1.165) is 31.4 Å². The Bertz CT molecular complexity index is 474. The van der Waals surface area contributed by atoms with E-state index in [9.17, 15) is 10.1 Å². The van der Waals surface area contributed by atoms with Crippen molar-refractivity contribution in [2.75, 3.05) is 11.4 Å². The van der Waals surface area contributed by atoms with Crippen molar-refractivity contribution >= 4 is 11.4 Å². The summed E-state index contributed by atoms with van der Waals surface area (Å²) in [5.74, 6) is 0. The molecule has 19 heavy (non-hydrogen) atoms. The maximum atomic E-state index is 11.2. The summed E-state index contributed by atoms with van der Waals surface area (Å²) in [5.41, 5.74) is 7.84. The fourth-order valence-electron chi connectivity index (χ4n) is 2.83. The SMILES string of the molecule is Cc1ccc(N2CCCCC2C(C)N)c([N+](=O)[O-])c1. The van der Waals surface area contributed by atoms with Crippen molar-refractivity contribution in [2.24, 2.45) is 5.73 Å². The molecule has 5 heteroatoms. The van der Waals surface area contributed by atoms with E-state index in [-0.39, 0.29) is 22.7 Å². The summed E-state index contributed by atoms with van der Waals surface area (Å²) in [7, 11) is 0. The van der Waals surface area contributed by atoms with Gasteiger partial charge in [-0.25, -0.2) is 0 Å². The van der Waals surface area contributed by atoms with Gasteiger partial charge in [0.1, 0.15) is 5.69 Å². The standard InChI is InChI=1S/C14H21N3O2/c1-10-6-7-13(14(9-10)17(18)19)16-8-4-3-5-12(16)11(2)15/h6-7,9,11-12H,3-5,8,15H2,1-2H3. The Hall–Kier alpha value is -1.62. The van der Waals surface area contributed by atoms with Crippen LogP contribution in [0.25, 0.3) is 0 Å². The Morgan fingerprint density at radius 1 is 1.47 bits per heavy atom. The van der Waals surface area contributed by atoms with Crippen molar-refractivity contribution in [3.05, 3.63) is 33.9 Å². The first-order valence-corrected chi connectivity index (χ1v) is 6.78. The zero-order valence-corrected chi connectivity index (χ0v) is 11.5. The highest BCUT2D eigenvalue weighted by molar-refractivity contribution is 5.65. The van der Waals surface area contributed by atoms with Gasteiger partial charge in [-0.2, -0.15) is 0 Å². The molecule has 0 aliphatic carbocycles. The van der Waals surface area contributed by atoms with Crippen LogP contribution in [0, 0.1) is 17.0 Å². The predicted octanol–water partition coefficient (Wildman–Crippen LogP) is 2.61. The molecule has 2 N–H and O–H groups in total. The van der Waals surface area contributed by atoms with Crippen LogP contribution in [0.1, 0.15) is 31.7 Å². The molecule has 0 aromatic heterocycles. The van der Waals surface area contributed by atoms with Crippen molar-refractivity contribution in [2.45, 2.75) is 45.2 Å². The Balaban J connectivity index is 2.41. The number of aryl methyl sites for hydroxylation is 1. The third-order valence-corrected chi connectivity index (χ3v) is 3.79. The van der Waals surface area contributed by atoms with Gasteiger partial charge in [0.2, 0.25) is 0 Å². The molecule has 1 saturated heterocycles. The van der Waals surface area contributed by atoms with Gasteiger partial charge in [-0.15, -0.1) is 0 Å². The topological polar surface area (TPSA) is 72.4 Å². The molecule has 0 amide bonds. The lowest BCUT2D eigenvalue weighted by atomic mass is 9.95. The van der Waals surface area contributed by atoms with Gasteiger partial charge >= 0.3 is 0 Å². The van der Waals surface area contributed by atoms with Crippen LogP contribution in [0.15, 0.2) is 18.2 Å². The lowest BCUT2D eigenvalue weighted by Gasteiger charge is -2.39. The number of nitrogens with zero attached hydrogens (tertiary/aromatic N) is 2. The van der Waals surface area contributed by atoms with Crippen molar-refractivity contribution in [3.63, 3.8) is 0 Å². The Morgan fingerprint density at radius 3 is 2.84 bits per heavy atom. The van der Waals surface area contributed by atoms with E-state index in [1.807, 2.05) is 26.0 Å². The van der Waals surface area contributed by atoms with Crippen LogP contribution >= 0.6 is 0 Å². The number of piperidine rings is 1. The molecular formula is C14H21N3O2. The minimum absolute atomic E-state index is 0.0150. The number of nitrogens with two attached hydrogens (primary N) is 1. The van der Waals surface area contributed by atoms with E-state index in [4.69, 9.17) is 5.73 Å². The van der Waals surface area contributed by atoms with E-state index < -0.39 is 0 Å². The summed E-state index contributed by atoms with van der Waals surface area (Å²) < 4.78 is 0. The Morgan fingerprint density at radius 2 is 2.21 bits per heavy atom. The molecule has 5 nitrogen and oxygen atoms in total. The Kier molecular flexibility index (Phi) is 4.04. The van der Waals surface area contributed by atoms with Crippen LogP contribution in [-0.2, 0) is 0 Å². The molecule has 2 unspecified atom stereocenters. The molecule has 0 spiro atoms. The first kappa shape index (κ1) is 13.8. The van der Waals surface area contributed by atoms with Crippen LogP contribution in [0.3, 0.4) is 0 Å². The van der Waals surface area contributed by atoms with Crippen molar-refractivity contribution < 1.29 is 4.92 Å². The highest BCUT2D eigenvalue weighted by Crippen LogP contribution is 2.34. The first-order valence-electron chi connectivity index (χ1n) is 6.78. The molecule has 0 saturated carbocycles. The van der Waals surface area contributed by atoms with E-state index in [1.165, 1.54) is 0 Å². The first-order chi connectivity index (χ1) is 9.00. The molecule has 2 atom stereocenters. The zero-order valence-electron chi connectivity index (χ0n) is 11.5. The van der Waals surface area contributed by atoms with Crippen LogP contribution in [0.2, 0.25) is 0 Å². The molecule has 1 aromatic rings. The molecule has 1 aliphatic heterocycles. The summed E-state index contributed by atoms with van der Waals surface area (Å²) in [5, 5.41) is 11.2. The lowest BCUT2D eigenvalue weighted by Crippen LogP contribution is -2.49. The average molecular weight is 263 g/mol. The quantitative estimate of drug-likeness (QED) is 0.672. The van der Waals surface area contributed by atoms with E-state index in [2.05, 4.69) is 4.90 Å². The van der Waals surface area contributed by atoms with Gasteiger partial charge in [0, 0.05) is 24.7 Å². The van der Waals surface area contributed by atoms with Crippen molar-refractivity contribution in [3.8, 4) is 0 Å². The Labute approximate surface area is 113 Å². The van der Waals surface area contributed by atoms with Crippen LogP contribution in [0.4, 0.5) is 11.4 Å². The second kappa shape index (κ2) is 5.57. The molecule has 1 aliphatic rings. The fraction of sp³-hybridized carbons (Fsp3) is 0.571. The van der Waals surface area contributed by atoms with Gasteiger partial charge in [-0.1, -0.05) is 6.07 Å². The minimum atomic E-state index is -0.296. The largest absolute Gasteiger partial charge is 0.361 e. The fourth-order valence-corrected chi connectivity index (χ4v) is 2.83. The normalized spacial score (nSPS) is 21.2. The smallest absolute Gasteiger partial charge is 0.292 e. The number of benzene rings is 1. The van der Waals surface area contributed by atoms with E-state index in [0.29, 0.717) is 5.69 Å². The summed E-state index contributed by atoms with van der Waals surface area (Å²) in [6.45, 7) is 4.69. The molecular weight excluding hydrogens is 242 g/mol. The van der Waals surface area contributed by atoms with E-state index in [1.54, 1.807) is 6.07 Å². The molecule has 0 bridgehead atoms. The van der Waals surface area contributed by atoms with E-state index >= 15 is 0 Å². The third-order valence-electron chi connectivity index (χ3n) is 3.79. The zero-order chi connectivity index (χ0) is 14.0. The molecule has 2 rings (SSSR count). The van der Waals surface area contributed by atoms with Gasteiger partial charge in [-0.3, -0.25) is 10.1 Å². The number of hydrogen-bond acceptors (Lipinski definition) is 4. The third kappa shape index (κ3) is 2.87. The predicted molar refractivity (Wildman–Crippen MR) is 76.5 cm³/mol. The van der Waals surface area contributed by atoms with Gasteiger partial charge in [0.25, 0.3) is 5.69 Å². The van der Waals surface area contributed by atoms with Gasteiger partial charge in [-0.05, 0) is 44.7 Å². The maximum Gasteiger partial charge on any atom is 0.292 e. The molecule has 1 aromatic carbocycles. The summed E-state index contributed by atoms with van der Waals surface area (Å²) in [6, 6.07) is 5.63. The highest BCUT2D eigenvalue weighted by atomic mass is 16.6. The van der Waals surface area contributed by atoms with Gasteiger partial charge < -0.3 is 10.6 Å². The number of nitro benzene ring substituents is 1. The lowest BCUT2D eigenvalue weighted by molar-refractivity contribution is -0.384. The molecule has 104 valence electrons. The molecule has 1 fully saturated rings. The summed E-state index contributed by atoms with van der Waals surface area (Å²) in [6.07, 6.45) is 3.21. The highest BCUT2D eigenvalue weighted by Gasteiger charge is 2.29. The van der Waals surface area contributed by atoms with Gasteiger partial charge in [0.05, 0.1) is 4.92 Å². The molecule has 0 radical (unpaired) electrons. The van der Waals surface area contributed by atoms with Crippen molar-refractivity contribution in [1.82, 2.24) is 0 Å². The van der Waals surface area contributed by atoms with Gasteiger partial charge in [0.15, 0.2) is 0 Å². The van der Waals surface area contributed by atoms with Crippen LogP contribution in [-0.4, -0.2) is 23.6 Å². The maximum absolute atomic E-state index is 11.2. The number of nitro groups is 1. The summed E-state index contributed by atoms with van der Waals surface area (Å²) in [4.78, 5) is 13.1. The van der Waals surface area contributed by atoms with Crippen molar-refractivity contribution in [1.29, 1.82) is 0 Å². The number of anilines is 1. The second-order valence-corrected chi connectivity index (χ2v) is 5.36. The summed E-state index contributed by atoms with van der Waals surface area (Å²) >= 11 is 0. The van der Waals surface area contributed by atoms with Crippen LogP contribution < -0.4 is 10.6 Å².